The second-order valence-electron chi connectivity index (χ2n) is 1.67. The van der Waals surface area contributed by atoms with E-state index in [0.29, 0.717) is 0 Å². The maximum absolute atomic E-state index is 5.18. The molecule has 11 heavy (non-hydrogen) atoms. The molecule has 0 spiro atoms. The van der Waals surface area contributed by atoms with Crippen LogP contribution in [0.1, 0.15) is 27.7 Å². The fraction of sp³-hybridized carbons (Fsp3) is 0.444. The number of nitrogens with two attached hydrogens (primary N) is 1. The summed E-state index contributed by atoms with van der Waals surface area (Å²) in [7, 11) is 0. The predicted octanol–water partition coefficient (Wildman–Crippen LogP) is 2.48. The molecule has 0 fully saturated rings. The monoisotopic (exact) mass is 154 g/mol. The maximum Gasteiger partial charge on any atom is 0.0311 e. The van der Waals surface area contributed by atoms with Crippen LogP contribution in [-0.4, -0.2) is 6.21 Å². The molecule has 0 bridgehead atoms. The van der Waals surface area contributed by atoms with Gasteiger partial charge in [-0.3, -0.25) is 4.99 Å². The Kier molecular flexibility index (Phi) is 13.4. The Bertz CT molecular complexity index is 144. The van der Waals surface area contributed by atoms with E-state index in [9.17, 15) is 0 Å². The van der Waals surface area contributed by atoms with Gasteiger partial charge in [-0.1, -0.05) is 19.9 Å². The van der Waals surface area contributed by atoms with Crippen molar-refractivity contribution in [2.45, 2.75) is 27.7 Å². The fourth-order valence-corrected chi connectivity index (χ4v) is 0.290. The molecule has 0 heterocycles. The van der Waals surface area contributed by atoms with Gasteiger partial charge in [-0.15, -0.1) is 0 Å². The van der Waals surface area contributed by atoms with Gasteiger partial charge < -0.3 is 5.73 Å². The molecule has 0 aromatic carbocycles. The van der Waals surface area contributed by atoms with Gasteiger partial charge in [-0.25, -0.2) is 0 Å². The zero-order valence-corrected chi connectivity index (χ0v) is 7.83. The van der Waals surface area contributed by atoms with Gasteiger partial charge in [-0.2, -0.15) is 0 Å². The Labute approximate surface area is 69.5 Å². The average molecular weight is 154 g/mol. The van der Waals surface area contributed by atoms with Crippen LogP contribution in [0.15, 0.2) is 29.0 Å². The summed E-state index contributed by atoms with van der Waals surface area (Å²) in [6.45, 7) is 7.81. The van der Waals surface area contributed by atoms with Crippen molar-refractivity contribution in [2.75, 3.05) is 0 Å². The van der Waals surface area contributed by atoms with Crippen LogP contribution in [0.5, 0.6) is 0 Å². The summed E-state index contributed by atoms with van der Waals surface area (Å²) in [6.07, 6.45) is 6.81. The lowest BCUT2D eigenvalue weighted by molar-refractivity contribution is 1.46. The van der Waals surface area contributed by atoms with E-state index >= 15 is 0 Å². The molecular formula is C9H18N2. The molecule has 2 N–H and O–H groups in total. The summed E-state index contributed by atoms with van der Waals surface area (Å²) in [6, 6.07) is 0. The zero-order valence-electron chi connectivity index (χ0n) is 7.83. The van der Waals surface area contributed by atoms with Gasteiger partial charge in [0.1, 0.15) is 0 Å². The lowest BCUT2D eigenvalue weighted by Crippen LogP contribution is -1.83. The normalized spacial score (nSPS) is 11.8. The van der Waals surface area contributed by atoms with Crippen LogP contribution in [0.3, 0.4) is 0 Å². The summed E-state index contributed by atoms with van der Waals surface area (Å²) in [5, 5.41) is 0. The number of allylic oxidation sites excluding steroid dienone is 2. The van der Waals surface area contributed by atoms with E-state index in [1.807, 2.05) is 33.8 Å². The first-order valence-electron chi connectivity index (χ1n) is 3.84. The molecule has 0 saturated heterocycles. The molecule has 0 unspecified atom stereocenters. The SMILES string of the molecule is CC.C\C=C/N=C\C(C)=C/N. The van der Waals surface area contributed by atoms with E-state index in [-0.39, 0.29) is 0 Å². The van der Waals surface area contributed by atoms with Crippen LogP contribution in [0.25, 0.3) is 0 Å². The maximum atomic E-state index is 5.18. The molecule has 0 aliphatic heterocycles. The first kappa shape index (κ1) is 12.6. The Hall–Kier alpha value is -1.05. The molecule has 0 aliphatic rings. The number of hydrogen-bond acceptors (Lipinski definition) is 2. The molecule has 0 rings (SSSR count). The largest absolute Gasteiger partial charge is 0.404 e. The third-order valence-electron chi connectivity index (χ3n) is 0.776. The van der Waals surface area contributed by atoms with E-state index in [0.717, 1.165) is 5.57 Å². The van der Waals surface area contributed by atoms with Crippen molar-refractivity contribution in [3.63, 3.8) is 0 Å². The number of nitrogens with zero attached hydrogens (tertiary/aromatic N) is 1. The molecule has 64 valence electrons. The number of hydrogen-bond donors (Lipinski definition) is 1. The molecule has 0 aliphatic carbocycles. The number of rotatable bonds is 2. The quantitative estimate of drug-likeness (QED) is 0.610. The standard InChI is InChI=1S/C7H12N2.C2H6/c1-3-4-9-6-7(2)5-8;1-2/h3-6H,8H2,1-2H3;1-2H3/b4-3-,7-5-,9-6-;. The highest BCUT2D eigenvalue weighted by molar-refractivity contribution is 5.77. The van der Waals surface area contributed by atoms with E-state index in [2.05, 4.69) is 4.99 Å². The van der Waals surface area contributed by atoms with Crippen molar-refractivity contribution >= 4 is 6.21 Å². The fourth-order valence-electron chi connectivity index (χ4n) is 0.290. The summed E-state index contributed by atoms with van der Waals surface area (Å²) in [4.78, 5) is 3.91. The Morgan fingerprint density at radius 2 is 1.91 bits per heavy atom. The minimum Gasteiger partial charge on any atom is -0.404 e. The van der Waals surface area contributed by atoms with Gasteiger partial charge in [0.2, 0.25) is 0 Å². The molecule has 0 radical (unpaired) electrons. The summed E-state index contributed by atoms with van der Waals surface area (Å²) < 4.78 is 0. The minimum absolute atomic E-state index is 0.966. The van der Waals surface area contributed by atoms with E-state index in [1.165, 1.54) is 6.20 Å². The lowest BCUT2D eigenvalue weighted by atomic mass is 10.4. The molecule has 2 heteroatoms. The molecular weight excluding hydrogens is 136 g/mol. The van der Waals surface area contributed by atoms with Crippen LogP contribution < -0.4 is 5.73 Å². The summed E-state index contributed by atoms with van der Waals surface area (Å²) in [5.41, 5.74) is 6.14. The highest BCUT2D eigenvalue weighted by Crippen LogP contribution is 1.82. The van der Waals surface area contributed by atoms with Crippen LogP contribution in [0, 0.1) is 0 Å². The van der Waals surface area contributed by atoms with Crippen molar-refractivity contribution in [3.8, 4) is 0 Å². The van der Waals surface area contributed by atoms with Gasteiger partial charge in [0.05, 0.1) is 0 Å². The van der Waals surface area contributed by atoms with Crippen molar-refractivity contribution in [1.29, 1.82) is 0 Å². The average Bonchev–Trinajstić information content (AvgIpc) is 2.08. The zero-order chi connectivity index (χ0) is 9.11. The van der Waals surface area contributed by atoms with Crippen LogP contribution >= 0.6 is 0 Å². The Morgan fingerprint density at radius 3 is 2.27 bits per heavy atom. The summed E-state index contributed by atoms with van der Waals surface area (Å²) in [5.74, 6) is 0. The Balaban J connectivity index is 0. The van der Waals surface area contributed by atoms with Gasteiger partial charge in [0, 0.05) is 12.4 Å². The highest BCUT2D eigenvalue weighted by Gasteiger charge is 1.73. The topological polar surface area (TPSA) is 38.4 Å². The Morgan fingerprint density at radius 1 is 1.36 bits per heavy atom. The predicted molar refractivity (Wildman–Crippen MR) is 52.6 cm³/mol. The van der Waals surface area contributed by atoms with E-state index in [1.54, 1.807) is 12.4 Å². The van der Waals surface area contributed by atoms with E-state index in [4.69, 9.17) is 5.73 Å². The van der Waals surface area contributed by atoms with Crippen molar-refractivity contribution in [2.24, 2.45) is 10.7 Å². The lowest BCUT2D eigenvalue weighted by Gasteiger charge is -1.82. The molecule has 0 atom stereocenters. The first-order chi connectivity index (χ1) is 5.31. The van der Waals surface area contributed by atoms with Gasteiger partial charge >= 0.3 is 0 Å². The van der Waals surface area contributed by atoms with E-state index < -0.39 is 0 Å². The van der Waals surface area contributed by atoms with Crippen molar-refractivity contribution < 1.29 is 0 Å². The molecule has 0 aromatic rings. The van der Waals surface area contributed by atoms with Crippen LogP contribution in [-0.2, 0) is 0 Å². The summed E-state index contributed by atoms with van der Waals surface area (Å²) >= 11 is 0. The van der Waals surface area contributed by atoms with Gasteiger partial charge in [0.25, 0.3) is 0 Å². The van der Waals surface area contributed by atoms with Gasteiger partial charge in [0.15, 0.2) is 0 Å². The second kappa shape index (κ2) is 11.7. The molecule has 0 aromatic heterocycles. The molecule has 0 amide bonds. The van der Waals surface area contributed by atoms with Crippen LogP contribution in [0.4, 0.5) is 0 Å². The van der Waals surface area contributed by atoms with Crippen molar-refractivity contribution in [3.05, 3.63) is 24.0 Å². The third-order valence-corrected chi connectivity index (χ3v) is 0.776. The number of aliphatic imine (C=N–C) groups is 1. The smallest absolute Gasteiger partial charge is 0.0311 e. The van der Waals surface area contributed by atoms with Crippen LogP contribution in [0.2, 0.25) is 0 Å². The van der Waals surface area contributed by atoms with Gasteiger partial charge in [-0.05, 0) is 25.6 Å². The molecule has 0 saturated carbocycles. The van der Waals surface area contributed by atoms with Crippen molar-refractivity contribution in [1.82, 2.24) is 0 Å². The third kappa shape index (κ3) is 12.2. The highest BCUT2D eigenvalue weighted by atomic mass is 14.7. The molecule has 2 nitrogen and oxygen atoms in total. The second-order valence-corrected chi connectivity index (χ2v) is 1.67. The first-order valence-corrected chi connectivity index (χ1v) is 3.84. The minimum atomic E-state index is 0.966.